The van der Waals surface area contributed by atoms with E-state index in [0.717, 1.165) is 50.4 Å². The molecule has 0 unspecified atom stereocenters. The number of nitrogens with zero attached hydrogens (tertiary/aromatic N) is 1. The van der Waals surface area contributed by atoms with E-state index in [1.165, 1.54) is 12.1 Å². The summed E-state index contributed by atoms with van der Waals surface area (Å²) in [6.45, 7) is 4.04. The zero-order chi connectivity index (χ0) is 26.1. The van der Waals surface area contributed by atoms with Crippen LogP contribution in [0.4, 0.5) is 18.9 Å². The van der Waals surface area contributed by atoms with Crippen molar-refractivity contribution in [2.24, 2.45) is 23.7 Å². The van der Waals surface area contributed by atoms with E-state index in [2.05, 4.69) is 24.3 Å². The first-order chi connectivity index (χ1) is 17.6. The minimum atomic E-state index is -4.56. The van der Waals surface area contributed by atoms with Crippen molar-refractivity contribution in [3.8, 4) is 0 Å². The summed E-state index contributed by atoms with van der Waals surface area (Å²) in [5, 5.41) is 0. The molecule has 3 aliphatic rings. The Balaban J connectivity index is 1.46. The molecule has 2 bridgehead atoms. The number of aryl methyl sites for hydroxylation is 2. The van der Waals surface area contributed by atoms with Crippen LogP contribution in [0.15, 0.2) is 90.5 Å². The normalized spacial score (nSPS) is 24.2. The first kappa shape index (κ1) is 23.5. The minimum absolute atomic E-state index is 0.0264. The number of halogens is 3. The number of fused-ring (bicyclic) bond motifs is 5. The molecule has 0 N–H and O–H groups in total. The Bertz CT molecular complexity index is 1400. The van der Waals surface area contributed by atoms with E-state index >= 15 is 0 Å². The molecule has 6 heteroatoms. The zero-order valence-corrected chi connectivity index (χ0v) is 20.3. The summed E-state index contributed by atoms with van der Waals surface area (Å²) < 4.78 is 40.0. The van der Waals surface area contributed by atoms with Gasteiger partial charge < -0.3 is 0 Å². The third-order valence-electron chi connectivity index (χ3n) is 7.82. The van der Waals surface area contributed by atoms with Gasteiger partial charge in [0.2, 0.25) is 11.8 Å². The second kappa shape index (κ2) is 8.30. The highest BCUT2D eigenvalue weighted by atomic mass is 19.4. The Morgan fingerprint density at radius 2 is 1.22 bits per heavy atom. The van der Waals surface area contributed by atoms with Crippen LogP contribution in [0.25, 0.3) is 5.57 Å². The fraction of sp³-hybridized carbons (Fsp3) is 0.226. The van der Waals surface area contributed by atoms with E-state index < -0.39 is 35.4 Å². The molecule has 3 nitrogen and oxygen atoms in total. The van der Waals surface area contributed by atoms with Gasteiger partial charge in [0.25, 0.3) is 0 Å². The monoisotopic (exact) mass is 499 g/mol. The van der Waals surface area contributed by atoms with Gasteiger partial charge in [0.05, 0.1) is 23.1 Å². The molecule has 2 amide bonds. The highest BCUT2D eigenvalue weighted by molar-refractivity contribution is 6.23. The predicted octanol–water partition coefficient (Wildman–Crippen LogP) is 6.75. The molecule has 6 rings (SSSR count). The van der Waals surface area contributed by atoms with Gasteiger partial charge in [-0.2, -0.15) is 13.2 Å². The maximum absolute atomic E-state index is 13.6. The standard InChI is InChI=1S/C31H24F3NO2/c1-17-6-10-19(11-7-17)25(20-12-8-18(2)9-13-20)26-23-14-15-24(26)28-27(23)29(36)35(30(28)37)22-5-3-4-21(16-22)31(32,33)34/h3-16,23-24,27-28H,1-2H3/t23-,24-,27-,28-/m1/s1. The first-order valence-corrected chi connectivity index (χ1v) is 12.3. The van der Waals surface area contributed by atoms with Gasteiger partial charge in [-0.3, -0.25) is 9.59 Å². The fourth-order valence-electron chi connectivity index (χ4n) is 6.11. The molecule has 1 saturated carbocycles. The molecular weight excluding hydrogens is 475 g/mol. The number of amides is 2. The smallest absolute Gasteiger partial charge is 0.274 e. The molecule has 0 spiro atoms. The van der Waals surface area contributed by atoms with Gasteiger partial charge in [0.15, 0.2) is 0 Å². The summed E-state index contributed by atoms with van der Waals surface area (Å²) >= 11 is 0. The lowest BCUT2D eigenvalue weighted by atomic mass is 9.85. The summed E-state index contributed by atoms with van der Waals surface area (Å²) in [6.07, 6.45) is -0.583. The van der Waals surface area contributed by atoms with E-state index in [9.17, 15) is 22.8 Å². The molecule has 2 fully saturated rings. The van der Waals surface area contributed by atoms with Crippen LogP contribution in [0.2, 0.25) is 0 Å². The van der Waals surface area contributed by atoms with E-state index in [0.29, 0.717) is 0 Å². The summed E-state index contributed by atoms with van der Waals surface area (Å²) in [4.78, 5) is 28.3. The Morgan fingerprint density at radius 3 is 1.68 bits per heavy atom. The van der Waals surface area contributed by atoms with Crippen molar-refractivity contribution in [1.29, 1.82) is 0 Å². The molecule has 186 valence electrons. The summed E-state index contributed by atoms with van der Waals surface area (Å²) in [5.74, 6) is -2.71. The van der Waals surface area contributed by atoms with Crippen molar-refractivity contribution >= 4 is 23.1 Å². The summed E-state index contributed by atoms with van der Waals surface area (Å²) in [5.41, 5.74) is 5.42. The van der Waals surface area contributed by atoms with Crippen LogP contribution in [0.1, 0.15) is 27.8 Å². The number of anilines is 1. The van der Waals surface area contributed by atoms with Crippen LogP contribution >= 0.6 is 0 Å². The van der Waals surface area contributed by atoms with E-state index in [-0.39, 0.29) is 17.5 Å². The highest BCUT2D eigenvalue weighted by Gasteiger charge is 2.62. The Kier molecular flexibility index (Phi) is 5.26. The van der Waals surface area contributed by atoms with Gasteiger partial charge in [-0.15, -0.1) is 0 Å². The molecule has 2 aliphatic carbocycles. The van der Waals surface area contributed by atoms with Crippen LogP contribution < -0.4 is 4.90 Å². The maximum atomic E-state index is 13.6. The first-order valence-electron chi connectivity index (χ1n) is 12.3. The van der Waals surface area contributed by atoms with Gasteiger partial charge in [-0.25, -0.2) is 4.90 Å². The number of allylic oxidation sites excluding steroid dienone is 3. The van der Waals surface area contributed by atoms with Gasteiger partial charge in [-0.1, -0.05) is 77.9 Å². The van der Waals surface area contributed by atoms with E-state index in [1.807, 2.05) is 50.3 Å². The lowest BCUT2D eigenvalue weighted by Crippen LogP contribution is -2.33. The molecular formula is C31H24F3NO2. The molecule has 3 aromatic carbocycles. The largest absolute Gasteiger partial charge is 0.416 e. The Hall–Kier alpha value is -3.93. The van der Waals surface area contributed by atoms with Gasteiger partial charge in [0.1, 0.15) is 0 Å². The lowest BCUT2D eigenvalue weighted by Gasteiger charge is -2.22. The third kappa shape index (κ3) is 3.66. The van der Waals surface area contributed by atoms with Crippen LogP contribution in [-0.4, -0.2) is 11.8 Å². The average Bonchev–Trinajstić information content (AvgIpc) is 3.50. The molecule has 1 saturated heterocycles. The maximum Gasteiger partial charge on any atom is 0.416 e. The van der Waals surface area contributed by atoms with Gasteiger partial charge >= 0.3 is 6.18 Å². The number of benzene rings is 3. The molecule has 4 atom stereocenters. The average molecular weight is 500 g/mol. The Morgan fingerprint density at radius 1 is 0.730 bits per heavy atom. The van der Waals surface area contributed by atoms with Crippen LogP contribution in [0, 0.1) is 37.5 Å². The number of alkyl halides is 3. The molecule has 3 aromatic rings. The highest BCUT2D eigenvalue weighted by Crippen LogP contribution is 2.59. The van der Waals surface area contributed by atoms with Crippen molar-refractivity contribution in [3.05, 3.63) is 118 Å². The van der Waals surface area contributed by atoms with Crippen LogP contribution in [0.3, 0.4) is 0 Å². The van der Waals surface area contributed by atoms with Crippen molar-refractivity contribution in [3.63, 3.8) is 0 Å². The molecule has 37 heavy (non-hydrogen) atoms. The predicted molar refractivity (Wildman–Crippen MR) is 135 cm³/mol. The van der Waals surface area contributed by atoms with Crippen molar-refractivity contribution in [2.75, 3.05) is 4.90 Å². The van der Waals surface area contributed by atoms with Crippen molar-refractivity contribution < 1.29 is 22.8 Å². The van der Waals surface area contributed by atoms with E-state index in [1.54, 1.807) is 0 Å². The minimum Gasteiger partial charge on any atom is -0.274 e. The van der Waals surface area contributed by atoms with Gasteiger partial charge in [-0.05, 0) is 54.3 Å². The number of imide groups is 1. The molecule has 1 heterocycles. The quantitative estimate of drug-likeness (QED) is 0.295. The second-order valence-corrected chi connectivity index (χ2v) is 10.1. The number of carbonyl (C=O) groups is 2. The summed E-state index contributed by atoms with van der Waals surface area (Å²) in [7, 11) is 0. The second-order valence-electron chi connectivity index (χ2n) is 10.1. The van der Waals surface area contributed by atoms with Crippen LogP contribution in [-0.2, 0) is 15.8 Å². The van der Waals surface area contributed by atoms with Crippen LogP contribution in [0.5, 0.6) is 0 Å². The molecule has 0 radical (unpaired) electrons. The van der Waals surface area contributed by atoms with Gasteiger partial charge in [0, 0.05) is 11.8 Å². The van der Waals surface area contributed by atoms with Crippen molar-refractivity contribution in [2.45, 2.75) is 20.0 Å². The Labute approximate surface area is 212 Å². The zero-order valence-electron chi connectivity index (χ0n) is 20.3. The molecule has 1 aliphatic heterocycles. The topological polar surface area (TPSA) is 37.4 Å². The SMILES string of the molecule is Cc1ccc(C(=C2[C@H]3C=C[C@H]2[C@H]2C(=O)N(c4cccc(C(F)(F)F)c4)C(=O)[C@@H]23)c2ccc(C)cc2)cc1. The number of rotatable bonds is 3. The van der Waals surface area contributed by atoms with Crippen molar-refractivity contribution in [1.82, 2.24) is 0 Å². The molecule has 0 aromatic heterocycles. The third-order valence-corrected chi connectivity index (χ3v) is 7.82. The number of hydrogen-bond donors (Lipinski definition) is 0. The number of hydrogen-bond acceptors (Lipinski definition) is 2. The van der Waals surface area contributed by atoms with E-state index in [4.69, 9.17) is 0 Å². The number of carbonyl (C=O) groups excluding carboxylic acids is 2. The fourth-order valence-corrected chi connectivity index (χ4v) is 6.11. The lowest BCUT2D eigenvalue weighted by molar-refractivity contribution is -0.137. The summed E-state index contributed by atoms with van der Waals surface area (Å²) in [6, 6.07) is 20.9.